The molecule has 0 atom stereocenters. The summed E-state index contributed by atoms with van der Waals surface area (Å²) in [4.78, 5) is 11.7. The number of aromatic nitrogens is 1. The van der Waals surface area contributed by atoms with E-state index in [0.29, 0.717) is 0 Å². The van der Waals surface area contributed by atoms with Gasteiger partial charge in [-0.15, -0.1) is 0 Å². The number of nitrogens with zero attached hydrogens (tertiary/aromatic N) is 1. The highest BCUT2D eigenvalue weighted by molar-refractivity contribution is 9.10. The molecule has 2 aliphatic heterocycles. The van der Waals surface area contributed by atoms with Crippen molar-refractivity contribution in [3.63, 3.8) is 0 Å². The molecule has 1 aromatic heterocycles. The Balaban J connectivity index is 2.04. The standard InChI is InChI=1S/C15H14BrNO3/c16-10-4-9-2-1-3-17-6-12(11(5-10)13(9)17)15(14(18)19)7-20-8-15/h4-6H,1-3,7-8H2,(H,18,19). The summed E-state index contributed by atoms with van der Waals surface area (Å²) in [7, 11) is 0. The van der Waals surface area contributed by atoms with Crippen LogP contribution >= 0.6 is 15.9 Å². The smallest absolute Gasteiger partial charge is 0.318 e. The van der Waals surface area contributed by atoms with E-state index < -0.39 is 11.4 Å². The highest BCUT2D eigenvalue weighted by Gasteiger charge is 2.49. The fourth-order valence-corrected chi connectivity index (χ4v) is 3.88. The molecule has 0 spiro atoms. The van der Waals surface area contributed by atoms with Crippen LogP contribution in [0.15, 0.2) is 22.8 Å². The fraction of sp³-hybridized carbons (Fsp3) is 0.400. The minimum atomic E-state index is -0.869. The quantitative estimate of drug-likeness (QED) is 0.917. The molecule has 1 aromatic carbocycles. The van der Waals surface area contributed by atoms with Crippen LogP contribution in [0.4, 0.5) is 0 Å². The van der Waals surface area contributed by atoms with Gasteiger partial charge in [0, 0.05) is 22.6 Å². The maximum Gasteiger partial charge on any atom is 0.318 e. The van der Waals surface area contributed by atoms with Crippen molar-refractivity contribution in [1.82, 2.24) is 4.57 Å². The Bertz CT molecular complexity index is 730. The van der Waals surface area contributed by atoms with Gasteiger partial charge >= 0.3 is 5.97 Å². The predicted octanol–water partition coefficient (Wildman–Crippen LogP) is 2.70. The SMILES string of the molecule is O=C(O)C1(c2cn3c4c(cc(Br)cc24)CCC3)COC1. The summed E-state index contributed by atoms with van der Waals surface area (Å²) in [6, 6.07) is 4.19. The monoisotopic (exact) mass is 335 g/mol. The van der Waals surface area contributed by atoms with Gasteiger partial charge in [-0.25, -0.2) is 0 Å². The topological polar surface area (TPSA) is 51.5 Å². The lowest BCUT2D eigenvalue weighted by atomic mass is 9.78. The van der Waals surface area contributed by atoms with E-state index in [1.807, 2.05) is 12.3 Å². The number of rotatable bonds is 2. The van der Waals surface area contributed by atoms with Gasteiger partial charge in [-0.1, -0.05) is 15.9 Å². The molecule has 0 aliphatic carbocycles. The predicted molar refractivity (Wildman–Crippen MR) is 78.1 cm³/mol. The Morgan fingerprint density at radius 1 is 1.40 bits per heavy atom. The molecule has 1 saturated heterocycles. The van der Waals surface area contributed by atoms with Gasteiger partial charge in [0.05, 0.1) is 18.7 Å². The number of benzene rings is 1. The number of halogens is 1. The highest BCUT2D eigenvalue weighted by atomic mass is 79.9. The molecule has 4 nitrogen and oxygen atoms in total. The average molecular weight is 336 g/mol. The van der Waals surface area contributed by atoms with Crippen LogP contribution in [0.1, 0.15) is 17.5 Å². The molecule has 4 rings (SSSR count). The number of aryl methyl sites for hydroxylation is 2. The summed E-state index contributed by atoms with van der Waals surface area (Å²) in [6.45, 7) is 1.49. The van der Waals surface area contributed by atoms with Crippen LogP contribution in [0.25, 0.3) is 10.9 Å². The van der Waals surface area contributed by atoms with Gasteiger partial charge in [0.25, 0.3) is 0 Å². The minimum absolute atomic E-state index is 0.267. The van der Waals surface area contributed by atoms with Gasteiger partial charge in [0.2, 0.25) is 0 Å². The number of ether oxygens (including phenoxy) is 1. The average Bonchev–Trinajstić information content (AvgIpc) is 2.68. The zero-order valence-electron chi connectivity index (χ0n) is 10.9. The second kappa shape index (κ2) is 4.09. The van der Waals surface area contributed by atoms with Crippen LogP contribution in [0.5, 0.6) is 0 Å². The highest BCUT2D eigenvalue weighted by Crippen LogP contribution is 2.41. The molecule has 1 fully saturated rings. The number of hydrogen-bond donors (Lipinski definition) is 1. The molecule has 0 radical (unpaired) electrons. The Kier molecular flexibility index (Phi) is 2.54. The van der Waals surface area contributed by atoms with Gasteiger partial charge < -0.3 is 14.4 Å². The van der Waals surface area contributed by atoms with E-state index in [2.05, 4.69) is 26.6 Å². The van der Waals surface area contributed by atoms with Crippen LogP contribution in [0.2, 0.25) is 0 Å². The molecule has 104 valence electrons. The lowest BCUT2D eigenvalue weighted by Gasteiger charge is -2.37. The van der Waals surface area contributed by atoms with Crippen molar-refractivity contribution in [3.05, 3.63) is 33.9 Å². The minimum Gasteiger partial charge on any atom is -0.480 e. The van der Waals surface area contributed by atoms with Crippen LogP contribution < -0.4 is 0 Å². The van der Waals surface area contributed by atoms with E-state index in [4.69, 9.17) is 4.74 Å². The molecule has 0 saturated carbocycles. The van der Waals surface area contributed by atoms with E-state index in [1.165, 1.54) is 11.1 Å². The lowest BCUT2D eigenvalue weighted by molar-refractivity contribution is -0.162. The Labute approximate surface area is 124 Å². The first-order valence-electron chi connectivity index (χ1n) is 6.75. The molecule has 2 aliphatic rings. The lowest BCUT2D eigenvalue weighted by Crippen LogP contribution is -2.53. The summed E-state index contributed by atoms with van der Waals surface area (Å²) in [5.41, 5.74) is 2.52. The molecular weight excluding hydrogens is 322 g/mol. The first-order chi connectivity index (χ1) is 9.62. The van der Waals surface area contributed by atoms with E-state index in [9.17, 15) is 9.90 Å². The molecule has 0 amide bonds. The number of carboxylic acid groups (broad SMARTS) is 1. The second-order valence-electron chi connectivity index (χ2n) is 5.68. The van der Waals surface area contributed by atoms with E-state index in [1.54, 1.807) is 0 Å². The number of carbonyl (C=O) groups is 1. The summed E-state index contributed by atoms with van der Waals surface area (Å²) < 4.78 is 8.44. The third kappa shape index (κ3) is 1.48. The normalized spacial score (nSPS) is 19.9. The Morgan fingerprint density at radius 3 is 2.85 bits per heavy atom. The maximum atomic E-state index is 11.7. The van der Waals surface area contributed by atoms with Crippen molar-refractivity contribution in [2.75, 3.05) is 13.2 Å². The van der Waals surface area contributed by atoms with Crippen LogP contribution in [0, 0.1) is 0 Å². The van der Waals surface area contributed by atoms with E-state index in [0.717, 1.165) is 34.8 Å². The largest absolute Gasteiger partial charge is 0.480 e. The van der Waals surface area contributed by atoms with Gasteiger partial charge in [0.15, 0.2) is 0 Å². The van der Waals surface area contributed by atoms with Crippen molar-refractivity contribution >= 4 is 32.8 Å². The van der Waals surface area contributed by atoms with Gasteiger partial charge in [-0.3, -0.25) is 4.79 Å². The first-order valence-corrected chi connectivity index (χ1v) is 7.54. The van der Waals surface area contributed by atoms with Crippen molar-refractivity contribution in [2.45, 2.75) is 24.8 Å². The number of hydrogen-bond acceptors (Lipinski definition) is 2. The van der Waals surface area contributed by atoms with Gasteiger partial charge in [-0.2, -0.15) is 0 Å². The van der Waals surface area contributed by atoms with Crippen molar-refractivity contribution in [1.29, 1.82) is 0 Å². The Hall–Kier alpha value is -1.33. The van der Waals surface area contributed by atoms with Crippen LogP contribution in [0.3, 0.4) is 0 Å². The van der Waals surface area contributed by atoms with Crippen molar-refractivity contribution in [2.24, 2.45) is 0 Å². The number of aliphatic carboxylic acids is 1. The molecule has 3 heterocycles. The number of carboxylic acids is 1. The molecule has 1 N–H and O–H groups in total. The molecule has 0 bridgehead atoms. The summed E-state index contributed by atoms with van der Waals surface area (Å²) >= 11 is 3.55. The molecule has 0 unspecified atom stereocenters. The molecule has 5 heteroatoms. The summed E-state index contributed by atoms with van der Waals surface area (Å²) in [6.07, 6.45) is 4.18. The van der Waals surface area contributed by atoms with Gasteiger partial charge in [-0.05, 0) is 36.1 Å². The van der Waals surface area contributed by atoms with E-state index >= 15 is 0 Å². The molecule has 2 aromatic rings. The van der Waals surface area contributed by atoms with Crippen LogP contribution in [-0.2, 0) is 27.9 Å². The first kappa shape index (κ1) is 12.4. The van der Waals surface area contributed by atoms with E-state index in [-0.39, 0.29) is 13.2 Å². The zero-order chi connectivity index (χ0) is 13.9. The Morgan fingerprint density at radius 2 is 2.20 bits per heavy atom. The summed E-state index contributed by atoms with van der Waals surface area (Å²) in [5, 5.41) is 10.7. The van der Waals surface area contributed by atoms with Crippen molar-refractivity contribution < 1.29 is 14.6 Å². The van der Waals surface area contributed by atoms with Gasteiger partial charge in [0.1, 0.15) is 5.41 Å². The second-order valence-corrected chi connectivity index (χ2v) is 6.60. The van der Waals surface area contributed by atoms with Crippen molar-refractivity contribution in [3.8, 4) is 0 Å². The molecular formula is C15H14BrNO3. The maximum absolute atomic E-state index is 11.7. The zero-order valence-corrected chi connectivity index (χ0v) is 12.4. The third-order valence-electron chi connectivity index (χ3n) is 4.48. The van der Waals surface area contributed by atoms with Crippen LogP contribution in [-0.4, -0.2) is 28.9 Å². The fourth-order valence-electron chi connectivity index (χ4n) is 3.38. The molecule has 20 heavy (non-hydrogen) atoms. The summed E-state index contributed by atoms with van der Waals surface area (Å²) in [5.74, 6) is -0.788. The third-order valence-corrected chi connectivity index (χ3v) is 4.94.